The van der Waals surface area contributed by atoms with Crippen LogP contribution in [0, 0.1) is 5.82 Å². The van der Waals surface area contributed by atoms with E-state index in [0.29, 0.717) is 5.56 Å². The third kappa shape index (κ3) is 4.05. The first-order valence-electron chi connectivity index (χ1n) is 6.64. The van der Waals surface area contributed by atoms with Crippen molar-refractivity contribution in [2.24, 2.45) is 0 Å². The Morgan fingerprint density at radius 3 is 2.32 bits per heavy atom. The van der Waals surface area contributed by atoms with Crippen LogP contribution in [0.2, 0.25) is 0 Å². The third-order valence-electron chi connectivity index (χ3n) is 2.84. The molecule has 0 saturated carbocycles. The van der Waals surface area contributed by atoms with Crippen molar-refractivity contribution in [2.75, 3.05) is 0 Å². The van der Waals surface area contributed by atoms with Gasteiger partial charge in [0.1, 0.15) is 0 Å². The van der Waals surface area contributed by atoms with Crippen molar-refractivity contribution in [3.05, 3.63) is 66.0 Å². The molecule has 114 valence electrons. The molecule has 0 fully saturated rings. The maximum atomic E-state index is 13.4. The van der Waals surface area contributed by atoms with Crippen molar-refractivity contribution in [1.82, 2.24) is 10.9 Å². The second-order valence-corrected chi connectivity index (χ2v) is 4.50. The summed E-state index contributed by atoms with van der Waals surface area (Å²) >= 11 is 0. The first kappa shape index (κ1) is 15.5. The van der Waals surface area contributed by atoms with Gasteiger partial charge in [-0.25, -0.2) is 4.39 Å². The van der Waals surface area contributed by atoms with Crippen LogP contribution in [0.1, 0.15) is 17.3 Å². The van der Waals surface area contributed by atoms with Crippen LogP contribution in [-0.4, -0.2) is 17.9 Å². The fraction of sp³-hybridized carbons (Fsp3) is 0.125. The molecule has 0 bridgehead atoms. The fourth-order valence-corrected chi connectivity index (χ4v) is 1.67. The molecule has 0 aliphatic carbocycles. The number of hydrogen-bond donors (Lipinski definition) is 2. The smallest absolute Gasteiger partial charge is 0.279 e. The van der Waals surface area contributed by atoms with E-state index < -0.39 is 23.7 Å². The van der Waals surface area contributed by atoms with Crippen molar-refractivity contribution in [3.63, 3.8) is 0 Å². The minimum Gasteiger partial charge on any atom is -0.478 e. The predicted molar refractivity (Wildman–Crippen MR) is 78.5 cm³/mol. The van der Waals surface area contributed by atoms with Crippen molar-refractivity contribution >= 4 is 11.8 Å². The zero-order valence-electron chi connectivity index (χ0n) is 11.9. The Morgan fingerprint density at radius 1 is 1.00 bits per heavy atom. The molecule has 6 heteroatoms. The number of amides is 2. The summed E-state index contributed by atoms with van der Waals surface area (Å²) in [5.74, 6) is -1.63. The van der Waals surface area contributed by atoms with Crippen molar-refractivity contribution < 1.29 is 18.7 Å². The Kier molecular flexibility index (Phi) is 5.08. The van der Waals surface area contributed by atoms with Crippen molar-refractivity contribution in [2.45, 2.75) is 13.0 Å². The van der Waals surface area contributed by atoms with Crippen LogP contribution < -0.4 is 15.6 Å². The number of rotatable bonds is 4. The Morgan fingerprint density at radius 2 is 1.64 bits per heavy atom. The summed E-state index contributed by atoms with van der Waals surface area (Å²) in [5, 5.41) is 0. The fourth-order valence-electron chi connectivity index (χ4n) is 1.67. The maximum Gasteiger partial charge on any atom is 0.279 e. The number of ether oxygens (including phenoxy) is 1. The van der Waals surface area contributed by atoms with E-state index in [1.165, 1.54) is 25.1 Å². The van der Waals surface area contributed by atoms with E-state index in [0.717, 1.165) is 0 Å². The highest BCUT2D eigenvalue weighted by molar-refractivity contribution is 5.95. The van der Waals surface area contributed by atoms with E-state index in [9.17, 15) is 14.0 Å². The number of hydrogen-bond acceptors (Lipinski definition) is 3. The molecule has 0 radical (unpaired) electrons. The zero-order chi connectivity index (χ0) is 15.9. The van der Waals surface area contributed by atoms with Gasteiger partial charge in [-0.3, -0.25) is 20.4 Å². The van der Waals surface area contributed by atoms with Crippen molar-refractivity contribution in [3.8, 4) is 5.75 Å². The normalized spacial score (nSPS) is 11.4. The largest absolute Gasteiger partial charge is 0.478 e. The molecule has 0 aliphatic rings. The summed E-state index contributed by atoms with van der Waals surface area (Å²) in [6.07, 6.45) is -0.965. The molecule has 0 aromatic heterocycles. The standard InChI is InChI=1S/C16H15FN2O3/c1-11(22-14-10-6-5-9-13(14)17)15(20)18-19-16(21)12-7-3-2-4-8-12/h2-11H,1H3,(H,18,20)(H,19,21)/t11-/m0/s1. The van der Waals surface area contributed by atoms with E-state index in [-0.39, 0.29) is 5.75 Å². The van der Waals surface area contributed by atoms with Crippen LogP contribution in [0.15, 0.2) is 54.6 Å². The molecule has 2 rings (SSSR count). The molecular formula is C16H15FN2O3. The number of benzene rings is 2. The van der Waals surface area contributed by atoms with Gasteiger partial charge in [-0.15, -0.1) is 0 Å². The topological polar surface area (TPSA) is 67.4 Å². The molecule has 2 aromatic rings. The van der Waals surface area contributed by atoms with E-state index in [1.54, 1.807) is 36.4 Å². The average molecular weight is 302 g/mol. The van der Waals surface area contributed by atoms with Crippen LogP contribution in [-0.2, 0) is 4.79 Å². The predicted octanol–water partition coefficient (Wildman–Crippen LogP) is 2.05. The van der Waals surface area contributed by atoms with Gasteiger partial charge in [0, 0.05) is 5.56 Å². The van der Waals surface area contributed by atoms with E-state index in [4.69, 9.17) is 4.74 Å². The summed E-state index contributed by atoms with van der Waals surface area (Å²) < 4.78 is 18.6. The number of nitrogens with one attached hydrogen (secondary N) is 2. The Bertz CT molecular complexity index is 661. The molecule has 0 heterocycles. The summed E-state index contributed by atoms with van der Waals surface area (Å²) in [7, 11) is 0. The van der Waals surface area contributed by atoms with Gasteiger partial charge in [-0.05, 0) is 31.2 Å². The maximum absolute atomic E-state index is 13.4. The van der Waals surface area contributed by atoms with Gasteiger partial charge in [0.05, 0.1) is 0 Å². The lowest BCUT2D eigenvalue weighted by Crippen LogP contribution is -2.47. The summed E-state index contributed by atoms with van der Waals surface area (Å²) in [6.45, 7) is 1.45. The molecule has 5 nitrogen and oxygen atoms in total. The van der Waals surface area contributed by atoms with Crippen LogP contribution in [0.3, 0.4) is 0 Å². The molecule has 0 spiro atoms. The minimum atomic E-state index is -0.965. The average Bonchev–Trinajstić information content (AvgIpc) is 2.55. The SMILES string of the molecule is C[C@H](Oc1ccccc1F)C(=O)NNC(=O)c1ccccc1. The monoisotopic (exact) mass is 302 g/mol. The molecule has 2 amide bonds. The lowest BCUT2D eigenvalue weighted by atomic mass is 10.2. The van der Waals surface area contributed by atoms with Gasteiger partial charge in [-0.2, -0.15) is 0 Å². The highest BCUT2D eigenvalue weighted by Gasteiger charge is 2.17. The molecule has 2 aromatic carbocycles. The Balaban J connectivity index is 1.87. The molecule has 1 atom stereocenters. The highest BCUT2D eigenvalue weighted by Crippen LogP contribution is 2.16. The molecule has 22 heavy (non-hydrogen) atoms. The van der Waals surface area contributed by atoms with E-state index in [2.05, 4.69) is 10.9 Å². The van der Waals surface area contributed by atoms with Gasteiger partial charge in [-0.1, -0.05) is 30.3 Å². The lowest BCUT2D eigenvalue weighted by molar-refractivity contribution is -0.128. The number of carbonyl (C=O) groups is 2. The zero-order valence-corrected chi connectivity index (χ0v) is 11.9. The number of hydrazine groups is 1. The highest BCUT2D eigenvalue weighted by atomic mass is 19.1. The van der Waals surface area contributed by atoms with Gasteiger partial charge in [0.2, 0.25) is 0 Å². The van der Waals surface area contributed by atoms with Crippen LogP contribution in [0.4, 0.5) is 4.39 Å². The van der Waals surface area contributed by atoms with Gasteiger partial charge >= 0.3 is 0 Å². The van der Waals surface area contributed by atoms with E-state index >= 15 is 0 Å². The Labute approximate surface area is 127 Å². The van der Waals surface area contributed by atoms with Crippen molar-refractivity contribution in [1.29, 1.82) is 0 Å². The second-order valence-electron chi connectivity index (χ2n) is 4.50. The number of halogens is 1. The summed E-state index contributed by atoms with van der Waals surface area (Å²) in [6, 6.07) is 14.2. The quantitative estimate of drug-likeness (QED) is 0.850. The molecule has 0 saturated heterocycles. The van der Waals surface area contributed by atoms with Gasteiger partial charge in [0.15, 0.2) is 17.7 Å². The molecule has 2 N–H and O–H groups in total. The van der Waals surface area contributed by atoms with Crippen LogP contribution in [0.5, 0.6) is 5.75 Å². The lowest BCUT2D eigenvalue weighted by Gasteiger charge is -2.15. The molecule has 0 unspecified atom stereocenters. The molecular weight excluding hydrogens is 287 g/mol. The minimum absolute atomic E-state index is 0.0282. The van der Waals surface area contributed by atoms with Crippen LogP contribution >= 0.6 is 0 Å². The number of para-hydroxylation sites is 1. The van der Waals surface area contributed by atoms with Gasteiger partial charge in [0.25, 0.3) is 11.8 Å². The number of carbonyl (C=O) groups excluding carboxylic acids is 2. The second kappa shape index (κ2) is 7.21. The summed E-state index contributed by atoms with van der Waals surface area (Å²) in [4.78, 5) is 23.6. The van der Waals surface area contributed by atoms with Crippen LogP contribution in [0.25, 0.3) is 0 Å². The van der Waals surface area contributed by atoms with Gasteiger partial charge < -0.3 is 4.74 Å². The third-order valence-corrected chi connectivity index (χ3v) is 2.84. The summed E-state index contributed by atoms with van der Waals surface area (Å²) in [5.41, 5.74) is 4.91. The van der Waals surface area contributed by atoms with E-state index in [1.807, 2.05) is 0 Å². The first-order chi connectivity index (χ1) is 10.6. The first-order valence-corrected chi connectivity index (χ1v) is 6.64. The Hall–Kier alpha value is -2.89. The molecule has 0 aliphatic heterocycles.